The molecule has 3 aromatic rings. The molecule has 7 nitrogen and oxygen atoms in total. The topological polar surface area (TPSA) is 107 Å². The van der Waals surface area contributed by atoms with Gasteiger partial charge in [-0.05, 0) is 28.8 Å². The fourth-order valence-corrected chi connectivity index (χ4v) is 3.14. The summed E-state index contributed by atoms with van der Waals surface area (Å²) in [6.07, 6.45) is -2.60. The van der Waals surface area contributed by atoms with Gasteiger partial charge in [0.25, 0.3) is 5.69 Å². The van der Waals surface area contributed by atoms with E-state index in [0.717, 1.165) is 11.1 Å². The van der Waals surface area contributed by atoms with Crippen LogP contribution < -0.4 is 0 Å². The zero-order valence-corrected chi connectivity index (χ0v) is 16.6. The Morgan fingerprint density at radius 1 is 0.839 bits per heavy atom. The molecular formula is C24H21NO6. The molecule has 0 bridgehead atoms. The van der Waals surface area contributed by atoms with E-state index in [0.29, 0.717) is 5.56 Å². The number of carbonyl (C=O) groups is 2. The summed E-state index contributed by atoms with van der Waals surface area (Å²) in [4.78, 5) is 34.9. The van der Waals surface area contributed by atoms with Crippen molar-refractivity contribution in [2.75, 3.05) is 0 Å². The summed E-state index contributed by atoms with van der Waals surface area (Å²) in [5, 5.41) is 20.9. The van der Waals surface area contributed by atoms with E-state index in [1.165, 1.54) is 24.3 Å². The molecule has 0 saturated heterocycles. The molecule has 3 aromatic carbocycles. The standard InChI is InChI=1S/C24H21NO6/c26-21(15-22(27)17-11-13-20(14-12-17)25(29)30)16-23(28)31-24(18-7-3-1-4-8-18)19-9-5-2-6-10-19/h1-14,22,24,27H,15-16H2/t22-/m1/s1. The Hall–Kier alpha value is -3.84. The maximum atomic E-state index is 12.4. The Labute approximate surface area is 179 Å². The molecule has 0 aromatic heterocycles. The summed E-state index contributed by atoms with van der Waals surface area (Å²) >= 11 is 0. The molecule has 1 atom stereocenters. The van der Waals surface area contributed by atoms with Crippen molar-refractivity contribution in [1.29, 1.82) is 0 Å². The maximum Gasteiger partial charge on any atom is 0.314 e. The molecule has 1 N–H and O–H groups in total. The third-order valence-corrected chi connectivity index (χ3v) is 4.71. The Bertz CT molecular complexity index is 995. The van der Waals surface area contributed by atoms with E-state index < -0.39 is 35.3 Å². The van der Waals surface area contributed by atoms with Crippen molar-refractivity contribution in [1.82, 2.24) is 0 Å². The molecule has 3 rings (SSSR count). The average Bonchev–Trinajstić information content (AvgIpc) is 2.78. The number of hydrogen-bond donors (Lipinski definition) is 1. The molecule has 0 unspecified atom stereocenters. The quantitative estimate of drug-likeness (QED) is 0.240. The number of non-ortho nitro benzene ring substituents is 1. The largest absolute Gasteiger partial charge is 0.452 e. The molecular weight excluding hydrogens is 398 g/mol. The number of benzene rings is 3. The van der Waals surface area contributed by atoms with Crippen LogP contribution in [0.4, 0.5) is 5.69 Å². The van der Waals surface area contributed by atoms with Crippen molar-refractivity contribution >= 4 is 17.4 Å². The Kier molecular flexibility index (Phi) is 7.24. The molecule has 0 radical (unpaired) electrons. The highest BCUT2D eigenvalue weighted by Gasteiger charge is 2.22. The summed E-state index contributed by atoms with van der Waals surface area (Å²) < 4.78 is 5.61. The third-order valence-electron chi connectivity index (χ3n) is 4.71. The van der Waals surface area contributed by atoms with Crippen LogP contribution in [-0.4, -0.2) is 21.8 Å². The normalized spacial score (nSPS) is 11.7. The molecule has 0 saturated carbocycles. The first-order valence-corrected chi connectivity index (χ1v) is 9.67. The van der Waals surface area contributed by atoms with Crippen molar-refractivity contribution in [3.8, 4) is 0 Å². The fourth-order valence-electron chi connectivity index (χ4n) is 3.14. The smallest absolute Gasteiger partial charge is 0.314 e. The molecule has 31 heavy (non-hydrogen) atoms. The van der Waals surface area contributed by atoms with E-state index in [2.05, 4.69) is 0 Å². The van der Waals surface area contributed by atoms with Gasteiger partial charge < -0.3 is 9.84 Å². The van der Waals surface area contributed by atoms with Crippen molar-refractivity contribution in [3.63, 3.8) is 0 Å². The number of carbonyl (C=O) groups excluding carboxylic acids is 2. The first kappa shape index (κ1) is 21.9. The van der Waals surface area contributed by atoms with E-state index in [4.69, 9.17) is 4.74 Å². The summed E-state index contributed by atoms with van der Waals surface area (Å²) in [5.74, 6) is -1.19. The van der Waals surface area contributed by atoms with Crippen molar-refractivity contribution in [2.24, 2.45) is 0 Å². The van der Waals surface area contributed by atoms with Crippen LogP contribution in [0.2, 0.25) is 0 Å². The van der Waals surface area contributed by atoms with Gasteiger partial charge in [0.15, 0.2) is 6.10 Å². The summed E-state index contributed by atoms with van der Waals surface area (Å²) in [6.45, 7) is 0. The first-order valence-electron chi connectivity index (χ1n) is 9.67. The van der Waals surface area contributed by atoms with E-state index in [9.17, 15) is 24.8 Å². The predicted octanol–water partition coefficient (Wildman–Crippen LogP) is 4.31. The first-order chi connectivity index (χ1) is 14.9. The lowest BCUT2D eigenvalue weighted by Gasteiger charge is -2.19. The molecule has 0 amide bonds. The number of nitro benzene ring substituents is 1. The number of ketones is 1. The molecule has 0 aliphatic rings. The van der Waals surface area contributed by atoms with Crippen LogP contribution in [0.5, 0.6) is 0 Å². The SMILES string of the molecule is O=C(CC(=O)OC(c1ccccc1)c1ccccc1)C[C@@H](O)c1ccc([N+](=O)[O-])cc1. The molecule has 0 aliphatic heterocycles. The minimum Gasteiger partial charge on any atom is -0.452 e. The number of aliphatic hydroxyl groups is 1. The highest BCUT2D eigenvalue weighted by Crippen LogP contribution is 2.27. The van der Waals surface area contributed by atoms with Crippen LogP contribution in [0.1, 0.15) is 41.7 Å². The third kappa shape index (κ3) is 6.07. The van der Waals surface area contributed by atoms with Gasteiger partial charge in [-0.3, -0.25) is 19.7 Å². The highest BCUT2D eigenvalue weighted by atomic mass is 16.6. The van der Waals surface area contributed by atoms with Gasteiger partial charge in [-0.2, -0.15) is 0 Å². The van der Waals surface area contributed by atoms with Gasteiger partial charge in [0, 0.05) is 18.6 Å². The van der Waals surface area contributed by atoms with Crippen LogP contribution in [0, 0.1) is 10.1 Å². The number of nitrogens with zero attached hydrogens (tertiary/aromatic N) is 1. The Morgan fingerprint density at radius 2 is 1.35 bits per heavy atom. The highest BCUT2D eigenvalue weighted by molar-refractivity contribution is 5.95. The lowest BCUT2D eigenvalue weighted by molar-refractivity contribution is -0.384. The van der Waals surface area contributed by atoms with Crippen LogP contribution in [0.25, 0.3) is 0 Å². The number of aliphatic hydroxyl groups excluding tert-OH is 1. The van der Waals surface area contributed by atoms with E-state index >= 15 is 0 Å². The lowest BCUT2D eigenvalue weighted by Crippen LogP contribution is -2.17. The Morgan fingerprint density at radius 3 is 1.84 bits per heavy atom. The molecule has 0 spiro atoms. The van der Waals surface area contributed by atoms with E-state index in [-0.39, 0.29) is 12.1 Å². The zero-order chi connectivity index (χ0) is 22.2. The number of esters is 1. The van der Waals surface area contributed by atoms with E-state index in [1.54, 1.807) is 0 Å². The van der Waals surface area contributed by atoms with Gasteiger partial charge in [-0.1, -0.05) is 60.7 Å². The summed E-state index contributed by atoms with van der Waals surface area (Å²) in [5.41, 5.74) is 1.80. The second-order valence-electron chi connectivity index (χ2n) is 6.98. The van der Waals surface area contributed by atoms with Crippen LogP contribution in [0.3, 0.4) is 0 Å². The van der Waals surface area contributed by atoms with Crippen molar-refractivity contribution < 1.29 is 24.4 Å². The number of nitro groups is 1. The molecule has 0 heterocycles. The van der Waals surface area contributed by atoms with Crippen LogP contribution in [0.15, 0.2) is 84.9 Å². The number of rotatable bonds is 9. The minimum absolute atomic E-state index is 0.112. The van der Waals surface area contributed by atoms with Crippen LogP contribution in [-0.2, 0) is 14.3 Å². The number of ether oxygens (including phenoxy) is 1. The second-order valence-corrected chi connectivity index (χ2v) is 6.98. The van der Waals surface area contributed by atoms with Gasteiger partial charge in [-0.15, -0.1) is 0 Å². The summed E-state index contributed by atoms with van der Waals surface area (Å²) in [6, 6.07) is 23.7. The van der Waals surface area contributed by atoms with Crippen LogP contribution >= 0.6 is 0 Å². The van der Waals surface area contributed by atoms with E-state index in [1.807, 2.05) is 60.7 Å². The minimum atomic E-state index is -1.17. The number of hydrogen-bond acceptors (Lipinski definition) is 6. The number of Topliss-reactive ketones (excluding diaryl/α,β-unsaturated/α-hetero) is 1. The monoisotopic (exact) mass is 419 g/mol. The van der Waals surface area contributed by atoms with Gasteiger partial charge in [0.1, 0.15) is 12.2 Å². The lowest BCUT2D eigenvalue weighted by atomic mass is 10.0. The summed E-state index contributed by atoms with van der Waals surface area (Å²) in [7, 11) is 0. The van der Waals surface area contributed by atoms with Crippen molar-refractivity contribution in [2.45, 2.75) is 25.0 Å². The maximum absolute atomic E-state index is 12.4. The molecule has 7 heteroatoms. The second kappa shape index (κ2) is 10.3. The average molecular weight is 419 g/mol. The van der Waals surface area contributed by atoms with Gasteiger partial charge in [0.2, 0.25) is 0 Å². The fraction of sp³-hybridized carbons (Fsp3) is 0.167. The van der Waals surface area contributed by atoms with Gasteiger partial charge in [0.05, 0.1) is 11.0 Å². The molecule has 158 valence electrons. The van der Waals surface area contributed by atoms with Crippen molar-refractivity contribution in [3.05, 3.63) is 112 Å². The molecule has 0 fully saturated rings. The van der Waals surface area contributed by atoms with Gasteiger partial charge in [-0.25, -0.2) is 0 Å². The Balaban J connectivity index is 1.62. The zero-order valence-electron chi connectivity index (χ0n) is 16.6. The molecule has 0 aliphatic carbocycles. The predicted molar refractivity (Wildman–Crippen MR) is 113 cm³/mol. The van der Waals surface area contributed by atoms with Gasteiger partial charge >= 0.3 is 5.97 Å².